The predicted molar refractivity (Wildman–Crippen MR) is 139 cm³/mol. The summed E-state index contributed by atoms with van der Waals surface area (Å²) in [5.41, 5.74) is 3.90. The number of benzene rings is 2. The summed E-state index contributed by atoms with van der Waals surface area (Å²) >= 11 is 10.1. The number of hydrogen-bond donors (Lipinski definition) is 1. The van der Waals surface area contributed by atoms with Gasteiger partial charge in [-0.05, 0) is 54.7 Å². The molecule has 2 heterocycles. The maximum atomic E-state index is 11.5. The third-order valence-corrected chi connectivity index (χ3v) is 8.60. The molecule has 35 heavy (non-hydrogen) atoms. The average molecular weight is 526 g/mol. The van der Waals surface area contributed by atoms with Crippen LogP contribution >= 0.6 is 34.7 Å². The van der Waals surface area contributed by atoms with E-state index < -0.39 is 5.97 Å². The number of fused-ring (bicyclic) bond motifs is 2. The van der Waals surface area contributed by atoms with Gasteiger partial charge in [-0.1, -0.05) is 59.0 Å². The summed E-state index contributed by atoms with van der Waals surface area (Å²) < 4.78 is 8.14. The quantitative estimate of drug-likeness (QED) is 0.305. The molecule has 0 amide bonds. The molecular formula is C26H22ClN2O4S2+. The van der Waals surface area contributed by atoms with E-state index in [1.807, 2.05) is 64.1 Å². The SMILES string of the molecule is O=COC[n+]1c(/C=C2\CCCC(/C=C3/Sc4ccccc4N3CC(=O)O)=C2Cl)sc2ccccc21. The van der Waals surface area contributed by atoms with Crippen molar-refractivity contribution >= 4 is 69.1 Å². The maximum Gasteiger partial charge on any atom is 0.323 e. The number of carbonyl (C=O) groups is 2. The van der Waals surface area contributed by atoms with Crippen LogP contribution in [0, 0.1) is 0 Å². The number of aliphatic carboxylic acids is 1. The van der Waals surface area contributed by atoms with Gasteiger partial charge >= 0.3 is 5.97 Å². The number of carboxylic acids is 1. The molecule has 3 aromatic rings. The Labute approximate surface area is 215 Å². The number of hydrogen-bond acceptors (Lipinski definition) is 6. The van der Waals surface area contributed by atoms with Crippen LogP contribution < -0.4 is 9.47 Å². The van der Waals surface area contributed by atoms with Gasteiger partial charge in [0.2, 0.25) is 5.52 Å². The van der Waals surface area contributed by atoms with Crippen LogP contribution in [0.3, 0.4) is 0 Å². The Morgan fingerprint density at radius 3 is 2.77 bits per heavy atom. The zero-order valence-corrected chi connectivity index (χ0v) is 21.0. The number of thiazole rings is 1. The van der Waals surface area contributed by atoms with Crippen molar-refractivity contribution in [3.63, 3.8) is 0 Å². The number of halogens is 1. The van der Waals surface area contributed by atoms with Gasteiger partial charge < -0.3 is 14.7 Å². The predicted octanol–water partition coefficient (Wildman–Crippen LogP) is 5.92. The minimum absolute atomic E-state index is 0.109. The fourth-order valence-corrected chi connectivity index (χ4v) is 6.87. The number of carbonyl (C=O) groups excluding carboxylic acids is 1. The third-order valence-electron chi connectivity index (χ3n) is 5.89. The van der Waals surface area contributed by atoms with E-state index in [-0.39, 0.29) is 13.3 Å². The van der Waals surface area contributed by atoms with Gasteiger partial charge in [0.05, 0.1) is 10.7 Å². The van der Waals surface area contributed by atoms with Crippen molar-refractivity contribution in [1.29, 1.82) is 0 Å². The Morgan fingerprint density at radius 2 is 1.94 bits per heavy atom. The van der Waals surface area contributed by atoms with E-state index in [1.165, 1.54) is 0 Å². The lowest BCUT2D eigenvalue weighted by Crippen LogP contribution is -2.36. The summed E-state index contributed by atoms with van der Waals surface area (Å²) in [6.45, 7) is 0.472. The molecule has 1 N–H and O–H groups in total. The zero-order chi connectivity index (χ0) is 24.4. The summed E-state index contributed by atoms with van der Waals surface area (Å²) in [4.78, 5) is 25.3. The second-order valence-electron chi connectivity index (χ2n) is 8.12. The van der Waals surface area contributed by atoms with Crippen LogP contribution in [0.4, 0.5) is 5.69 Å². The highest BCUT2D eigenvalue weighted by molar-refractivity contribution is 8.03. The van der Waals surface area contributed by atoms with Crippen molar-refractivity contribution in [3.05, 3.63) is 80.8 Å². The lowest BCUT2D eigenvalue weighted by Gasteiger charge is -2.21. The number of para-hydroxylation sites is 2. The summed E-state index contributed by atoms with van der Waals surface area (Å²) in [6, 6.07) is 15.8. The first-order valence-corrected chi connectivity index (χ1v) is 13.1. The van der Waals surface area contributed by atoms with E-state index in [2.05, 4.69) is 6.08 Å². The molecule has 1 aliphatic heterocycles. The fourth-order valence-electron chi connectivity index (χ4n) is 4.32. The Morgan fingerprint density at radius 1 is 1.14 bits per heavy atom. The van der Waals surface area contributed by atoms with Gasteiger partial charge in [-0.2, -0.15) is 0 Å². The molecule has 6 nitrogen and oxygen atoms in total. The van der Waals surface area contributed by atoms with Crippen LogP contribution in [0.15, 0.2) is 80.7 Å². The molecule has 1 aliphatic carbocycles. The Kier molecular flexibility index (Phi) is 6.95. The highest BCUT2D eigenvalue weighted by Gasteiger charge is 2.28. The summed E-state index contributed by atoms with van der Waals surface area (Å²) in [5.74, 6) is -0.885. The molecular weight excluding hydrogens is 504 g/mol. The first-order valence-electron chi connectivity index (χ1n) is 11.1. The second-order valence-corrected chi connectivity index (χ2v) is 10.6. The minimum atomic E-state index is -0.885. The summed E-state index contributed by atoms with van der Waals surface area (Å²) in [7, 11) is 0. The van der Waals surface area contributed by atoms with E-state index in [1.54, 1.807) is 23.1 Å². The van der Waals surface area contributed by atoms with Crippen LogP contribution in [0.5, 0.6) is 0 Å². The van der Waals surface area contributed by atoms with E-state index in [4.69, 9.17) is 16.3 Å². The molecule has 0 saturated carbocycles. The molecule has 178 valence electrons. The fraction of sp³-hybridized carbons (Fsp3) is 0.192. The molecule has 2 aromatic carbocycles. The first kappa shape index (κ1) is 23.7. The molecule has 0 atom stereocenters. The number of ether oxygens (including phenoxy) is 1. The molecule has 0 saturated heterocycles. The van der Waals surface area contributed by atoms with Crippen LogP contribution in [0.2, 0.25) is 0 Å². The van der Waals surface area contributed by atoms with Gasteiger partial charge in [0.15, 0.2) is 0 Å². The van der Waals surface area contributed by atoms with Gasteiger partial charge in [-0.3, -0.25) is 9.59 Å². The molecule has 0 unspecified atom stereocenters. The van der Waals surface area contributed by atoms with Gasteiger partial charge in [-0.25, -0.2) is 0 Å². The van der Waals surface area contributed by atoms with Crippen LogP contribution in [0.1, 0.15) is 24.3 Å². The normalized spacial score (nSPS) is 17.9. The number of thioether (sulfide) groups is 1. The highest BCUT2D eigenvalue weighted by Crippen LogP contribution is 2.47. The standard InChI is InChI=1S/C26H21ClN2O4S2/c27-26-17(12-23-28(14-25(31)32)19-8-1-3-10-21(19)34-23)6-5-7-18(26)13-24-29(15-33-16-30)20-9-2-4-11-22(20)35-24/h1-4,8-13,16H,5-7,14-15H2/p+1. The van der Waals surface area contributed by atoms with Crippen molar-refractivity contribution in [2.45, 2.75) is 30.9 Å². The molecule has 0 fully saturated rings. The topological polar surface area (TPSA) is 70.7 Å². The number of aromatic nitrogens is 1. The molecule has 1 aromatic heterocycles. The van der Waals surface area contributed by atoms with Gasteiger partial charge in [0.25, 0.3) is 18.2 Å². The molecule has 5 rings (SSSR count). The smallest absolute Gasteiger partial charge is 0.323 e. The molecule has 2 aliphatic rings. The number of rotatable bonds is 7. The molecule has 9 heteroatoms. The molecule has 0 spiro atoms. The van der Waals surface area contributed by atoms with Crippen LogP contribution in [0.25, 0.3) is 16.3 Å². The largest absolute Gasteiger partial charge is 0.480 e. The van der Waals surface area contributed by atoms with Crippen LogP contribution in [-0.2, 0) is 21.1 Å². The van der Waals surface area contributed by atoms with Crippen molar-refractivity contribution in [2.75, 3.05) is 11.4 Å². The van der Waals surface area contributed by atoms with E-state index in [0.29, 0.717) is 11.5 Å². The maximum absolute atomic E-state index is 11.5. The number of nitrogens with zero attached hydrogens (tertiary/aromatic N) is 2. The molecule has 0 bridgehead atoms. The average Bonchev–Trinajstić information content (AvgIpc) is 3.37. The third kappa shape index (κ3) is 4.87. The Bertz CT molecular complexity index is 1410. The number of allylic oxidation sites excluding steroid dienone is 4. The summed E-state index contributed by atoms with van der Waals surface area (Å²) in [6.07, 6.45) is 6.69. The monoisotopic (exact) mass is 525 g/mol. The van der Waals surface area contributed by atoms with Crippen molar-refractivity contribution in [1.82, 2.24) is 0 Å². The van der Waals surface area contributed by atoms with Crippen LogP contribution in [-0.4, -0.2) is 24.1 Å². The van der Waals surface area contributed by atoms with E-state index >= 15 is 0 Å². The lowest BCUT2D eigenvalue weighted by molar-refractivity contribution is -0.700. The Hall–Kier alpha value is -3.07. The van der Waals surface area contributed by atoms with Gasteiger partial charge in [0.1, 0.15) is 11.2 Å². The van der Waals surface area contributed by atoms with Crippen molar-refractivity contribution < 1.29 is 24.0 Å². The van der Waals surface area contributed by atoms with Crippen molar-refractivity contribution in [3.8, 4) is 0 Å². The van der Waals surface area contributed by atoms with E-state index in [9.17, 15) is 14.7 Å². The number of carboxylic acid groups (broad SMARTS) is 1. The first-order chi connectivity index (χ1) is 17.0. The highest BCUT2D eigenvalue weighted by atomic mass is 35.5. The summed E-state index contributed by atoms with van der Waals surface area (Å²) in [5, 5.41) is 12.0. The zero-order valence-electron chi connectivity index (χ0n) is 18.6. The molecule has 0 radical (unpaired) electrons. The van der Waals surface area contributed by atoms with Gasteiger partial charge in [-0.15, -0.1) is 4.57 Å². The lowest BCUT2D eigenvalue weighted by atomic mass is 9.94. The minimum Gasteiger partial charge on any atom is -0.480 e. The second kappa shape index (κ2) is 10.3. The van der Waals surface area contributed by atoms with Gasteiger partial charge in [0, 0.05) is 22.1 Å². The number of anilines is 1. The van der Waals surface area contributed by atoms with Crippen molar-refractivity contribution in [2.24, 2.45) is 0 Å². The Balaban J connectivity index is 1.53. The van der Waals surface area contributed by atoms with E-state index in [0.717, 1.165) is 61.2 Å².